The van der Waals surface area contributed by atoms with Crippen LogP contribution in [0.2, 0.25) is 0 Å². The quantitative estimate of drug-likeness (QED) is 0.306. The first-order valence-electron chi connectivity index (χ1n) is 11.9. The molecule has 2 aliphatic rings. The first-order valence-corrected chi connectivity index (χ1v) is 11.9. The smallest absolute Gasteiger partial charge is 0.216 e. The number of allylic oxidation sites excluding steroid dienone is 2. The lowest BCUT2D eigenvalue weighted by Crippen LogP contribution is -2.20. The summed E-state index contributed by atoms with van der Waals surface area (Å²) >= 11 is 0. The summed E-state index contributed by atoms with van der Waals surface area (Å²) in [6, 6.07) is 0. The van der Waals surface area contributed by atoms with Crippen LogP contribution in [0.25, 0.3) is 0 Å². The van der Waals surface area contributed by atoms with Crippen LogP contribution in [0.15, 0.2) is 23.8 Å². The topological polar surface area (TPSA) is 69.6 Å². The number of rotatable bonds is 13. The van der Waals surface area contributed by atoms with E-state index >= 15 is 0 Å². The molecule has 1 fully saturated rings. The van der Waals surface area contributed by atoms with Gasteiger partial charge in [0.05, 0.1) is 12.2 Å². The number of aliphatic hydroxyl groups excluding tert-OH is 2. The van der Waals surface area contributed by atoms with E-state index in [1.165, 1.54) is 25.7 Å². The summed E-state index contributed by atoms with van der Waals surface area (Å²) in [7, 11) is 0. The zero-order valence-corrected chi connectivity index (χ0v) is 18.8. The molecule has 4 nitrogen and oxygen atoms in total. The molecule has 0 spiro atoms. The summed E-state index contributed by atoms with van der Waals surface area (Å²) in [5.74, 6) is 1.76. The first kappa shape index (κ1) is 24.1. The monoisotopic (exact) mass is 405 g/mol. The van der Waals surface area contributed by atoms with Crippen LogP contribution in [-0.4, -0.2) is 34.9 Å². The number of carbonyl (C=O) groups excluding carboxylic acids is 1. The Morgan fingerprint density at radius 1 is 1.31 bits per heavy atom. The van der Waals surface area contributed by atoms with Crippen molar-refractivity contribution in [2.75, 3.05) is 6.54 Å². The third kappa shape index (κ3) is 8.25. The van der Waals surface area contributed by atoms with Gasteiger partial charge in [-0.15, -0.1) is 0 Å². The molecule has 0 heterocycles. The highest BCUT2D eigenvalue weighted by Crippen LogP contribution is 2.48. The van der Waals surface area contributed by atoms with Crippen LogP contribution in [0.1, 0.15) is 85.0 Å². The van der Waals surface area contributed by atoms with Gasteiger partial charge in [-0.3, -0.25) is 4.79 Å². The molecule has 2 aliphatic carbocycles. The Hall–Kier alpha value is -1.13. The van der Waals surface area contributed by atoms with Crippen molar-refractivity contribution >= 4 is 5.91 Å². The van der Waals surface area contributed by atoms with E-state index in [0.717, 1.165) is 45.1 Å². The molecule has 0 saturated heterocycles. The van der Waals surface area contributed by atoms with Gasteiger partial charge in [0.2, 0.25) is 5.91 Å². The summed E-state index contributed by atoms with van der Waals surface area (Å²) in [6.45, 7) is 6.76. The number of fused-ring (bicyclic) bond motifs is 1. The van der Waals surface area contributed by atoms with E-state index in [9.17, 15) is 15.0 Å². The van der Waals surface area contributed by atoms with E-state index in [2.05, 4.69) is 31.3 Å². The Bertz CT molecular complexity index is 556. The van der Waals surface area contributed by atoms with Crippen molar-refractivity contribution in [1.29, 1.82) is 0 Å². The molecule has 0 aliphatic heterocycles. The van der Waals surface area contributed by atoms with E-state index in [4.69, 9.17) is 0 Å². The van der Waals surface area contributed by atoms with Gasteiger partial charge >= 0.3 is 0 Å². The lowest BCUT2D eigenvalue weighted by atomic mass is 9.88. The summed E-state index contributed by atoms with van der Waals surface area (Å²) < 4.78 is 0. The number of amides is 1. The summed E-state index contributed by atoms with van der Waals surface area (Å²) in [5.41, 5.74) is 1.54. The fourth-order valence-corrected chi connectivity index (χ4v) is 5.13. The molecule has 4 heteroatoms. The van der Waals surface area contributed by atoms with Crippen LogP contribution >= 0.6 is 0 Å². The molecule has 29 heavy (non-hydrogen) atoms. The van der Waals surface area contributed by atoms with Gasteiger partial charge in [0, 0.05) is 19.4 Å². The van der Waals surface area contributed by atoms with Gasteiger partial charge in [-0.1, -0.05) is 63.3 Å². The molecular weight excluding hydrogens is 362 g/mol. The maximum atomic E-state index is 10.9. The summed E-state index contributed by atoms with van der Waals surface area (Å²) in [6.07, 6.45) is 16.6. The fraction of sp³-hybridized carbons (Fsp3) is 0.800. The van der Waals surface area contributed by atoms with E-state index in [-0.39, 0.29) is 17.9 Å². The minimum absolute atomic E-state index is 0.0505. The molecule has 2 rings (SSSR count). The Labute approximate surface area is 177 Å². The van der Waals surface area contributed by atoms with E-state index in [1.807, 2.05) is 6.08 Å². The molecule has 0 unspecified atom stereocenters. The Kier molecular flexibility index (Phi) is 10.4. The van der Waals surface area contributed by atoms with Crippen molar-refractivity contribution in [3.05, 3.63) is 23.8 Å². The second kappa shape index (κ2) is 12.5. The van der Waals surface area contributed by atoms with Crippen molar-refractivity contribution in [2.24, 2.45) is 23.7 Å². The SMILES string of the molecule is CCCC[C@H](C)C[C@H](O)/C=C/[C@@H]1[C@H]2CC(CCCCCNC(C)=O)=C[C@H]2C[C@H]1O. The third-order valence-corrected chi connectivity index (χ3v) is 6.75. The summed E-state index contributed by atoms with van der Waals surface area (Å²) in [5, 5.41) is 23.7. The molecule has 1 amide bonds. The highest BCUT2D eigenvalue weighted by Gasteiger charge is 2.43. The van der Waals surface area contributed by atoms with Gasteiger partial charge in [0.25, 0.3) is 0 Å². The van der Waals surface area contributed by atoms with Crippen molar-refractivity contribution in [1.82, 2.24) is 5.32 Å². The van der Waals surface area contributed by atoms with Gasteiger partial charge in [-0.2, -0.15) is 0 Å². The molecule has 0 aromatic rings. The van der Waals surface area contributed by atoms with Gasteiger partial charge < -0.3 is 15.5 Å². The standard InChI is InChI=1S/C25H43NO3/c1-4-5-9-18(2)14-22(28)11-12-23-24-16-20(15-21(24)17-25(23)29)10-7-6-8-13-26-19(3)27/h11-12,15,18,21-25,28-29H,4-10,13-14,16-17H2,1-3H3,(H,26,27)/b12-11+/t18-,21-,22+,23+,24-,25+/m0/s1. The number of hydrogen-bond donors (Lipinski definition) is 3. The van der Waals surface area contributed by atoms with Crippen molar-refractivity contribution in [2.45, 2.75) is 97.2 Å². The zero-order valence-electron chi connectivity index (χ0n) is 18.8. The minimum atomic E-state index is -0.398. The van der Waals surface area contributed by atoms with Crippen LogP contribution in [0.4, 0.5) is 0 Å². The summed E-state index contributed by atoms with van der Waals surface area (Å²) in [4.78, 5) is 10.9. The Morgan fingerprint density at radius 3 is 2.83 bits per heavy atom. The largest absolute Gasteiger partial charge is 0.392 e. The van der Waals surface area contributed by atoms with Crippen molar-refractivity contribution < 1.29 is 15.0 Å². The predicted molar refractivity (Wildman–Crippen MR) is 119 cm³/mol. The van der Waals surface area contributed by atoms with Crippen LogP contribution in [-0.2, 0) is 4.79 Å². The number of nitrogens with one attached hydrogen (secondary N) is 1. The number of aliphatic hydroxyl groups is 2. The number of unbranched alkanes of at least 4 members (excludes halogenated alkanes) is 3. The van der Waals surface area contributed by atoms with Gasteiger partial charge in [-0.25, -0.2) is 0 Å². The van der Waals surface area contributed by atoms with Crippen molar-refractivity contribution in [3.63, 3.8) is 0 Å². The lowest BCUT2D eigenvalue weighted by Gasteiger charge is -2.19. The van der Waals surface area contributed by atoms with E-state index in [0.29, 0.717) is 17.8 Å². The van der Waals surface area contributed by atoms with Crippen LogP contribution in [0.3, 0.4) is 0 Å². The molecule has 166 valence electrons. The number of carbonyl (C=O) groups is 1. The molecular formula is C25H43NO3. The maximum Gasteiger partial charge on any atom is 0.216 e. The molecule has 1 saturated carbocycles. The van der Waals surface area contributed by atoms with Crippen molar-refractivity contribution in [3.8, 4) is 0 Å². The van der Waals surface area contributed by atoms with Crippen LogP contribution in [0, 0.1) is 23.7 Å². The normalized spacial score (nSPS) is 28.4. The molecule has 0 radical (unpaired) electrons. The first-order chi connectivity index (χ1) is 13.9. The maximum absolute atomic E-state index is 10.9. The molecule has 6 atom stereocenters. The van der Waals surface area contributed by atoms with E-state index in [1.54, 1.807) is 12.5 Å². The van der Waals surface area contributed by atoms with Gasteiger partial charge in [0.15, 0.2) is 0 Å². The lowest BCUT2D eigenvalue weighted by molar-refractivity contribution is -0.118. The highest BCUT2D eigenvalue weighted by molar-refractivity contribution is 5.72. The molecule has 3 N–H and O–H groups in total. The average Bonchev–Trinajstić information content (AvgIpc) is 3.17. The zero-order chi connectivity index (χ0) is 21.2. The Balaban J connectivity index is 1.73. The second-order valence-corrected chi connectivity index (χ2v) is 9.47. The third-order valence-electron chi connectivity index (χ3n) is 6.75. The molecule has 0 bridgehead atoms. The molecule has 0 aromatic heterocycles. The highest BCUT2D eigenvalue weighted by atomic mass is 16.3. The minimum Gasteiger partial charge on any atom is -0.392 e. The van der Waals surface area contributed by atoms with E-state index < -0.39 is 6.10 Å². The second-order valence-electron chi connectivity index (χ2n) is 9.47. The average molecular weight is 406 g/mol. The van der Waals surface area contributed by atoms with Gasteiger partial charge in [0.1, 0.15) is 0 Å². The molecule has 0 aromatic carbocycles. The van der Waals surface area contributed by atoms with Crippen LogP contribution in [0.5, 0.6) is 0 Å². The fourth-order valence-electron chi connectivity index (χ4n) is 5.13. The van der Waals surface area contributed by atoms with Gasteiger partial charge in [-0.05, 0) is 56.3 Å². The number of hydrogen-bond acceptors (Lipinski definition) is 3. The Morgan fingerprint density at radius 2 is 2.10 bits per heavy atom. The van der Waals surface area contributed by atoms with Crippen LogP contribution < -0.4 is 5.32 Å². The predicted octanol–water partition coefficient (Wildman–Crippen LogP) is 4.76.